The first-order valence-corrected chi connectivity index (χ1v) is 4.01. The van der Waals surface area contributed by atoms with Crippen molar-refractivity contribution in [3.8, 4) is 0 Å². The van der Waals surface area contributed by atoms with Crippen molar-refractivity contribution >= 4 is 34.0 Å². The van der Waals surface area contributed by atoms with Crippen LogP contribution in [0.3, 0.4) is 0 Å². The highest BCUT2D eigenvalue weighted by Gasteiger charge is 2.00. The Morgan fingerprint density at radius 2 is 1.80 bits per heavy atom. The molecule has 0 spiro atoms. The molecule has 4 N–H and O–H groups in total. The third-order valence-corrected chi connectivity index (χ3v) is 2.39. The second-order valence-electron chi connectivity index (χ2n) is 2.19. The molecule has 0 radical (unpaired) electrons. The van der Waals surface area contributed by atoms with E-state index in [2.05, 4.69) is 22.6 Å². The molecule has 10 heavy (non-hydrogen) atoms. The molecule has 0 aliphatic rings. The van der Waals surface area contributed by atoms with Crippen LogP contribution in [0.2, 0.25) is 0 Å². The Morgan fingerprint density at radius 3 is 2.30 bits per heavy atom. The third-order valence-electron chi connectivity index (χ3n) is 1.45. The molecule has 0 aliphatic carbocycles. The number of nitrogens with two attached hydrogens (primary N) is 2. The minimum atomic E-state index is 0.695. The number of benzene rings is 1. The summed E-state index contributed by atoms with van der Waals surface area (Å²) in [5.41, 5.74) is 13.7. The van der Waals surface area contributed by atoms with Gasteiger partial charge in [-0.05, 0) is 41.1 Å². The lowest BCUT2D eigenvalue weighted by Gasteiger charge is -2.04. The summed E-state index contributed by atoms with van der Waals surface area (Å²) >= 11 is 2.16. The molecule has 0 unspecified atom stereocenters. The fraction of sp³-hybridized carbons (Fsp3) is 0.143. The number of rotatable bonds is 0. The SMILES string of the molecule is Cc1ccc(I)c(N)c1N. The molecule has 1 rings (SSSR count). The van der Waals surface area contributed by atoms with Gasteiger partial charge in [0.05, 0.1) is 11.4 Å². The third kappa shape index (κ3) is 1.18. The van der Waals surface area contributed by atoms with Crippen LogP contribution in [0.25, 0.3) is 0 Å². The quantitative estimate of drug-likeness (QED) is 0.543. The van der Waals surface area contributed by atoms with E-state index in [1.54, 1.807) is 0 Å². The molecule has 1 aromatic rings. The maximum absolute atomic E-state index is 5.65. The van der Waals surface area contributed by atoms with Gasteiger partial charge in [-0.1, -0.05) is 6.07 Å². The summed E-state index contributed by atoms with van der Waals surface area (Å²) in [5, 5.41) is 0. The van der Waals surface area contributed by atoms with Gasteiger partial charge in [0, 0.05) is 3.57 Å². The van der Waals surface area contributed by atoms with Gasteiger partial charge in [0.1, 0.15) is 0 Å². The number of anilines is 2. The Bertz CT molecular complexity index is 231. The van der Waals surface area contributed by atoms with Gasteiger partial charge in [0.15, 0.2) is 0 Å². The van der Waals surface area contributed by atoms with Gasteiger partial charge in [0.25, 0.3) is 0 Å². The Labute approximate surface area is 73.7 Å². The van der Waals surface area contributed by atoms with Gasteiger partial charge in [0.2, 0.25) is 0 Å². The smallest absolute Gasteiger partial charge is 0.0686 e. The van der Waals surface area contributed by atoms with Crippen molar-refractivity contribution in [1.29, 1.82) is 0 Å². The van der Waals surface area contributed by atoms with Crippen LogP contribution in [-0.4, -0.2) is 0 Å². The fourth-order valence-corrected chi connectivity index (χ4v) is 1.19. The lowest BCUT2D eigenvalue weighted by molar-refractivity contribution is 1.45. The Kier molecular flexibility index (Phi) is 2.03. The van der Waals surface area contributed by atoms with Crippen LogP contribution in [0.5, 0.6) is 0 Å². The monoisotopic (exact) mass is 248 g/mol. The molecule has 0 heterocycles. The van der Waals surface area contributed by atoms with Gasteiger partial charge >= 0.3 is 0 Å². The molecule has 2 nitrogen and oxygen atoms in total. The topological polar surface area (TPSA) is 52.0 Å². The standard InChI is InChI=1S/C7H9IN2/c1-4-2-3-5(8)7(10)6(4)9/h2-3H,9-10H2,1H3. The first-order valence-electron chi connectivity index (χ1n) is 2.93. The largest absolute Gasteiger partial charge is 0.397 e. The van der Waals surface area contributed by atoms with Crippen molar-refractivity contribution in [3.63, 3.8) is 0 Å². The van der Waals surface area contributed by atoms with E-state index in [0.717, 1.165) is 9.13 Å². The summed E-state index contributed by atoms with van der Waals surface area (Å²) < 4.78 is 1.01. The zero-order valence-electron chi connectivity index (χ0n) is 5.69. The van der Waals surface area contributed by atoms with E-state index >= 15 is 0 Å². The van der Waals surface area contributed by atoms with E-state index in [1.807, 2.05) is 19.1 Å². The van der Waals surface area contributed by atoms with Crippen LogP contribution in [0.4, 0.5) is 11.4 Å². The van der Waals surface area contributed by atoms with Gasteiger partial charge in [-0.3, -0.25) is 0 Å². The fourth-order valence-electron chi connectivity index (χ4n) is 0.719. The zero-order valence-corrected chi connectivity index (χ0v) is 7.84. The molecular weight excluding hydrogens is 239 g/mol. The van der Waals surface area contributed by atoms with Crippen molar-refractivity contribution in [1.82, 2.24) is 0 Å². The van der Waals surface area contributed by atoms with Crippen LogP contribution >= 0.6 is 22.6 Å². The lowest BCUT2D eigenvalue weighted by Crippen LogP contribution is -1.98. The van der Waals surface area contributed by atoms with Crippen LogP contribution < -0.4 is 11.5 Å². The highest BCUT2D eigenvalue weighted by atomic mass is 127. The lowest BCUT2D eigenvalue weighted by atomic mass is 10.2. The number of hydrogen-bond donors (Lipinski definition) is 2. The second-order valence-corrected chi connectivity index (χ2v) is 3.35. The highest BCUT2D eigenvalue weighted by Crippen LogP contribution is 2.24. The Morgan fingerprint density at radius 1 is 1.20 bits per heavy atom. The summed E-state index contributed by atoms with van der Waals surface area (Å²) in [6.45, 7) is 1.95. The van der Waals surface area contributed by atoms with Gasteiger partial charge in [-0.25, -0.2) is 0 Å². The molecule has 0 saturated carbocycles. The predicted molar refractivity (Wildman–Crippen MR) is 52.7 cm³/mol. The predicted octanol–water partition coefficient (Wildman–Crippen LogP) is 1.76. The minimum Gasteiger partial charge on any atom is -0.397 e. The van der Waals surface area contributed by atoms with E-state index in [0.29, 0.717) is 11.4 Å². The van der Waals surface area contributed by atoms with E-state index in [1.165, 1.54) is 0 Å². The number of halogens is 1. The first-order chi connectivity index (χ1) is 4.63. The molecule has 0 bridgehead atoms. The van der Waals surface area contributed by atoms with Crippen molar-refractivity contribution in [3.05, 3.63) is 21.3 Å². The van der Waals surface area contributed by atoms with Crippen molar-refractivity contribution in [2.75, 3.05) is 11.5 Å². The first kappa shape index (κ1) is 7.65. The van der Waals surface area contributed by atoms with Crippen LogP contribution in [0, 0.1) is 10.5 Å². The van der Waals surface area contributed by atoms with Crippen LogP contribution in [0.1, 0.15) is 5.56 Å². The molecule has 0 atom stereocenters. The molecule has 0 aromatic heterocycles. The van der Waals surface area contributed by atoms with Crippen molar-refractivity contribution in [2.24, 2.45) is 0 Å². The molecule has 0 amide bonds. The average Bonchev–Trinajstić information content (AvgIpc) is 1.93. The number of nitrogen functional groups attached to an aromatic ring is 2. The van der Waals surface area contributed by atoms with Crippen LogP contribution in [0.15, 0.2) is 12.1 Å². The number of aryl methyl sites for hydroxylation is 1. The molecule has 3 heteroatoms. The summed E-state index contributed by atoms with van der Waals surface area (Å²) in [5.74, 6) is 0. The zero-order chi connectivity index (χ0) is 7.72. The molecule has 0 aliphatic heterocycles. The van der Waals surface area contributed by atoms with Crippen LogP contribution in [-0.2, 0) is 0 Å². The van der Waals surface area contributed by atoms with E-state index in [4.69, 9.17) is 11.5 Å². The maximum Gasteiger partial charge on any atom is 0.0686 e. The minimum absolute atomic E-state index is 0.695. The number of hydrogen-bond acceptors (Lipinski definition) is 2. The highest BCUT2D eigenvalue weighted by molar-refractivity contribution is 14.1. The maximum atomic E-state index is 5.65. The summed E-state index contributed by atoms with van der Waals surface area (Å²) in [6.07, 6.45) is 0. The molecule has 0 saturated heterocycles. The molecule has 1 aromatic carbocycles. The van der Waals surface area contributed by atoms with E-state index in [9.17, 15) is 0 Å². The van der Waals surface area contributed by atoms with Crippen molar-refractivity contribution < 1.29 is 0 Å². The summed E-state index contributed by atoms with van der Waals surface area (Å²) in [4.78, 5) is 0. The Hall–Kier alpha value is -0.450. The molecule has 54 valence electrons. The van der Waals surface area contributed by atoms with Gasteiger partial charge < -0.3 is 11.5 Å². The Balaban J connectivity index is 3.34. The van der Waals surface area contributed by atoms with Gasteiger partial charge in [-0.15, -0.1) is 0 Å². The average molecular weight is 248 g/mol. The van der Waals surface area contributed by atoms with Gasteiger partial charge in [-0.2, -0.15) is 0 Å². The summed E-state index contributed by atoms with van der Waals surface area (Å²) in [7, 11) is 0. The normalized spacial score (nSPS) is 9.80. The van der Waals surface area contributed by atoms with E-state index in [-0.39, 0.29) is 0 Å². The second kappa shape index (κ2) is 2.65. The van der Waals surface area contributed by atoms with E-state index < -0.39 is 0 Å². The summed E-state index contributed by atoms with van der Waals surface area (Å²) in [6, 6.07) is 3.93. The molecular formula is C7H9IN2. The van der Waals surface area contributed by atoms with Crippen molar-refractivity contribution in [2.45, 2.75) is 6.92 Å². The molecule has 0 fully saturated rings.